The number of rotatable bonds is 6. The molecule has 1 aromatic carbocycles. The predicted octanol–water partition coefficient (Wildman–Crippen LogP) is 3.21. The summed E-state index contributed by atoms with van der Waals surface area (Å²) in [7, 11) is 0. The summed E-state index contributed by atoms with van der Waals surface area (Å²) in [6.07, 6.45) is 0. The molecule has 1 N–H and O–H groups in total. The third-order valence-corrected chi connectivity index (χ3v) is 3.67. The first-order valence-electron chi connectivity index (χ1n) is 7.97. The smallest absolute Gasteiger partial charge is 0.272 e. The minimum Gasteiger partial charge on any atom is -0.338 e. The second-order valence-corrected chi connectivity index (χ2v) is 5.45. The molecule has 0 aliphatic carbocycles. The van der Waals surface area contributed by atoms with E-state index in [0.29, 0.717) is 36.0 Å². The third-order valence-electron chi connectivity index (χ3n) is 3.67. The summed E-state index contributed by atoms with van der Waals surface area (Å²) in [6, 6.07) is 8.73. The van der Waals surface area contributed by atoms with Gasteiger partial charge in [-0.2, -0.15) is 0 Å². The van der Waals surface area contributed by atoms with Crippen molar-refractivity contribution < 1.29 is 9.59 Å². The number of aromatic nitrogens is 2. The fraction of sp³-hybridized carbons (Fsp3) is 0.333. The van der Waals surface area contributed by atoms with Crippen LogP contribution < -0.4 is 5.32 Å². The normalized spacial score (nSPS) is 10.3. The van der Waals surface area contributed by atoms with Crippen molar-refractivity contribution in [3.05, 3.63) is 47.3 Å². The lowest BCUT2D eigenvalue weighted by atomic mass is 10.1. The molecule has 24 heavy (non-hydrogen) atoms. The van der Waals surface area contributed by atoms with Crippen molar-refractivity contribution in [1.29, 1.82) is 0 Å². The van der Waals surface area contributed by atoms with Gasteiger partial charge in [0, 0.05) is 30.0 Å². The maximum Gasteiger partial charge on any atom is 0.272 e. The number of Topliss-reactive ketones (excluding diaryl/α,β-unsaturated/α-hetero) is 1. The number of hydrogen-bond donors (Lipinski definition) is 1. The van der Waals surface area contributed by atoms with E-state index in [0.717, 1.165) is 5.69 Å². The van der Waals surface area contributed by atoms with Gasteiger partial charge in [0.1, 0.15) is 5.69 Å². The lowest BCUT2D eigenvalue weighted by Gasteiger charge is -2.18. The van der Waals surface area contributed by atoms with Crippen molar-refractivity contribution in [3.8, 4) is 0 Å². The summed E-state index contributed by atoms with van der Waals surface area (Å²) in [5.41, 5.74) is 2.48. The summed E-state index contributed by atoms with van der Waals surface area (Å²) in [5, 5.41) is 3.08. The van der Waals surface area contributed by atoms with Crippen molar-refractivity contribution in [2.24, 2.45) is 0 Å². The molecule has 1 aromatic heterocycles. The molecule has 126 valence electrons. The van der Waals surface area contributed by atoms with Crippen molar-refractivity contribution in [2.75, 3.05) is 18.4 Å². The fourth-order valence-electron chi connectivity index (χ4n) is 2.32. The number of anilines is 2. The number of carbonyl (C=O) groups excluding carboxylic acids is 2. The number of carbonyl (C=O) groups is 2. The monoisotopic (exact) mass is 326 g/mol. The number of benzene rings is 1. The number of nitrogens with one attached hydrogen (secondary N) is 1. The summed E-state index contributed by atoms with van der Waals surface area (Å²) >= 11 is 0. The van der Waals surface area contributed by atoms with Gasteiger partial charge in [-0.1, -0.05) is 0 Å². The Morgan fingerprint density at radius 2 is 1.71 bits per heavy atom. The molecule has 1 heterocycles. The minimum absolute atomic E-state index is 0.0143. The van der Waals surface area contributed by atoms with Crippen LogP contribution in [0.15, 0.2) is 30.3 Å². The first kappa shape index (κ1) is 17.6. The van der Waals surface area contributed by atoms with Crippen LogP contribution in [0, 0.1) is 6.92 Å². The summed E-state index contributed by atoms with van der Waals surface area (Å²) in [4.78, 5) is 34.1. The SMILES string of the molecule is CCN(CC)C(=O)c1cc(C)nc(Nc2ccc(C(C)=O)cc2)n1. The molecule has 2 rings (SSSR count). The average Bonchev–Trinajstić information content (AvgIpc) is 2.55. The van der Waals surface area contributed by atoms with E-state index in [9.17, 15) is 9.59 Å². The first-order valence-corrected chi connectivity index (χ1v) is 7.97. The Labute approximate surface area is 141 Å². The van der Waals surface area contributed by atoms with E-state index in [1.165, 1.54) is 6.92 Å². The lowest BCUT2D eigenvalue weighted by Crippen LogP contribution is -2.31. The molecule has 0 bridgehead atoms. The first-order chi connectivity index (χ1) is 11.4. The number of hydrogen-bond acceptors (Lipinski definition) is 5. The van der Waals surface area contributed by atoms with Gasteiger partial charge in [-0.15, -0.1) is 0 Å². The van der Waals surface area contributed by atoms with E-state index in [1.54, 1.807) is 35.2 Å². The predicted molar refractivity (Wildman–Crippen MR) is 93.7 cm³/mol. The summed E-state index contributed by atoms with van der Waals surface area (Å²) in [6.45, 7) is 8.49. The second-order valence-electron chi connectivity index (χ2n) is 5.45. The van der Waals surface area contributed by atoms with Gasteiger partial charge in [-0.25, -0.2) is 9.97 Å². The molecular weight excluding hydrogens is 304 g/mol. The zero-order chi connectivity index (χ0) is 17.7. The molecule has 0 aliphatic heterocycles. The van der Waals surface area contributed by atoms with E-state index < -0.39 is 0 Å². The number of amides is 1. The zero-order valence-electron chi connectivity index (χ0n) is 14.5. The van der Waals surface area contributed by atoms with Crippen LogP contribution in [0.1, 0.15) is 47.3 Å². The molecule has 0 saturated heterocycles. The van der Waals surface area contributed by atoms with Crippen LogP contribution in [0.3, 0.4) is 0 Å². The molecule has 2 aromatic rings. The van der Waals surface area contributed by atoms with Crippen molar-refractivity contribution in [3.63, 3.8) is 0 Å². The Morgan fingerprint density at radius 3 is 2.25 bits per heavy atom. The molecule has 6 nitrogen and oxygen atoms in total. The molecule has 0 spiro atoms. The van der Waals surface area contributed by atoms with Crippen molar-refractivity contribution in [1.82, 2.24) is 14.9 Å². The standard InChI is InChI=1S/C18H22N4O2/c1-5-22(6-2)17(24)16-11-12(3)19-18(21-16)20-15-9-7-14(8-10-15)13(4)23/h7-11H,5-6H2,1-4H3,(H,19,20,21). The quantitative estimate of drug-likeness (QED) is 0.825. The van der Waals surface area contributed by atoms with E-state index >= 15 is 0 Å². The molecule has 0 radical (unpaired) electrons. The van der Waals surface area contributed by atoms with Gasteiger partial charge in [-0.3, -0.25) is 9.59 Å². The average molecular weight is 326 g/mol. The van der Waals surface area contributed by atoms with Crippen LogP contribution in [0.2, 0.25) is 0 Å². The molecule has 0 fully saturated rings. The van der Waals surface area contributed by atoms with Gasteiger partial charge in [-0.05, 0) is 58.0 Å². The Hall–Kier alpha value is -2.76. The van der Waals surface area contributed by atoms with E-state index in [1.807, 2.05) is 20.8 Å². The number of aryl methyl sites for hydroxylation is 1. The topological polar surface area (TPSA) is 75.2 Å². The van der Waals surface area contributed by atoms with Crippen LogP contribution in [0.25, 0.3) is 0 Å². The molecule has 0 atom stereocenters. The highest BCUT2D eigenvalue weighted by atomic mass is 16.2. The van der Waals surface area contributed by atoms with Gasteiger partial charge in [0.05, 0.1) is 0 Å². The van der Waals surface area contributed by atoms with E-state index in [2.05, 4.69) is 15.3 Å². The zero-order valence-corrected chi connectivity index (χ0v) is 14.5. The van der Waals surface area contributed by atoms with Crippen molar-refractivity contribution >= 4 is 23.3 Å². The molecule has 1 amide bonds. The summed E-state index contributed by atoms with van der Waals surface area (Å²) in [5.74, 6) is 0.266. The molecule has 6 heteroatoms. The maximum atomic E-state index is 12.5. The highest BCUT2D eigenvalue weighted by Gasteiger charge is 2.16. The third kappa shape index (κ3) is 4.16. The maximum absolute atomic E-state index is 12.5. The molecule has 0 unspecified atom stereocenters. The molecular formula is C18H22N4O2. The van der Waals surface area contributed by atoms with Crippen LogP contribution >= 0.6 is 0 Å². The number of nitrogens with zero attached hydrogens (tertiary/aromatic N) is 3. The number of ketones is 1. The Kier molecular flexibility index (Phi) is 5.63. The highest BCUT2D eigenvalue weighted by Crippen LogP contribution is 2.16. The highest BCUT2D eigenvalue weighted by molar-refractivity contribution is 5.94. The van der Waals surface area contributed by atoms with Crippen LogP contribution in [0.5, 0.6) is 0 Å². The van der Waals surface area contributed by atoms with Gasteiger partial charge in [0.15, 0.2) is 5.78 Å². The van der Waals surface area contributed by atoms with Crippen molar-refractivity contribution in [2.45, 2.75) is 27.7 Å². The molecule has 0 saturated carbocycles. The summed E-state index contributed by atoms with van der Waals surface area (Å²) < 4.78 is 0. The Bertz CT molecular complexity index is 737. The van der Waals surface area contributed by atoms with Gasteiger partial charge < -0.3 is 10.2 Å². The largest absolute Gasteiger partial charge is 0.338 e. The van der Waals surface area contributed by atoms with Crippen LogP contribution in [-0.4, -0.2) is 39.6 Å². The van der Waals surface area contributed by atoms with Gasteiger partial charge in [0.25, 0.3) is 5.91 Å². The molecule has 0 aliphatic rings. The minimum atomic E-state index is -0.111. The fourth-order valence-corrected chi connectivity index (χ4v) is 2.32. The Balaban J connectivity index is 2.25. The van der Waals surface area contributed by atoms with Crippen LogP contribution in [0.4, 0.5) is 11.6 Å². The van der Waals surface area contributed by atoms with E-state index in [4.69, 9.17) is 0 Å². The van der Waals surface area contributed by atoms with Gasteiger partial charge >= 0.3 is 0 Å². The van der Waals surface area contributed by atoms with Crippen LogP contribution in [-0.2, 0) is 0 Å². The lowest BCUT2D eigenvalue weighted by molar-refractivity contribution is 0.0766. The van der Waals surface area contributed by atoms with Gasteiger partial charge in [0.2, 0.25) is 5.95 Å². The van der Waals surface area contributed by atoms with E-state index in [-0.39, 0.29) is 11.7 Å². The second kappa shape index (κ2) is 7.68. The Morgan fingerprint density at radius 1 is 1.08 bits per heavy atom.